The van der Waals surface area contributed by atoms with Crippen molar-refractivity contribution in [3.05, 3.63) is 24.3 Å². The van der Waals surface area contributed by atoms with Gasteiger partial charge in [-0.2, -0.15) is 0 Å². The van der Waals surface area contributed by atoms with Gasteiger partial charge >= 0.3 is 6.03 Å². The summed E-state index contributed by atoms with van der Waals surface area (Å²) in [4.78, 5) is 27.9. The molecule has 3 rings (SSSR count). The number of amides is 3. The molecule has 3 amide bonds. The summed E-state index contributed by atoms with van der Waals surface area (Å²) < 4.78 is 5.23. The third-order valence-corrected chi connectivity index (χ3v) is 5.63. The van der Waals surface area contributed by atoms with Crippen LogP contribution >= 0.6 is 0 Å². The van der Waals surface area contributed by atoms with E-state index in [0.717, 1.165) is 18.7 Å². The van der Waals surface area contributed by atoms with Crippen LogP contribution in [0.1, 0.15) is 38.5 Å². The maximum Gasteiger partial charge on any atom is 0.315 e. The number of urea groups is 1. The van der Waals surface area contributed by atoms with Gasteiger partial charge in [0, 0.05) is 37.7 Å². The van der Waals surface area contributed by atoms with Crippen molar-refractivity contribution in [1.82, 2.24) is 10.6 Å². The van der Waals surface area contributed by atoms with Gasteiger partial charge in [-0.3, -0.25) is 4.79 Å². The highest BCUT2D eigenvalue weighted by Gasteiger charge is 2.31. The molecule has 2 fully saturated rings. The van der Waals surface area contributed by atoms with Crippen molar-refractivity contribution in [2.75, 3.05) is 44.7 Å². The lowest BCUT2D eigenvalue weighted by Gasteiger charge is -2.18. The topological polar surface area (TPSA) is 75.1 Å². The highest BCUT2D eigenvalue weighted by atomic mass is 16.5. The molecule has 0 spiro atoms. The number of quaternary nitrogens is 1. The van der Waals surface area contributed by atoms with Crippen LogP contribution in [-0.2, 0) is 4.79 Å². The summed E-state index contributed by atoms with van der Waals surface area (Å²) in [6, 6.07) is 7.08. The first kappa shape index (κ1) is 20.5. The molecule has 7 heteroatoms. The Bertz CT molecular complexity index is 659. The van der Waals surface area contributed by atoms with Crippen LogP contribution in [0.5, 0.6) is 5.75 Å². The summed E-state index contributed by atoms with van der Waals surface area (Å²) in [5.41, 5.74) is 0.800. The van der Waals surface area contributed by atoms with Crippen molar-refractivity contribution in [3.8, 4) is 5.75 Å². The Kier molecular flexibility index (Phi) is 7.54. The van der Waals surface area contributed by atoms with E-state index < -0.39 is 0 Å². The number of ether oxygens (including phenoxy) is 1. The van der Waals surface area contributed by atoms with Gasteiger partial charge in [-0.15, -0.1) is 0 Å². The molecule has 2 aliphatic heterocycles. The highest BCUT2D eigenvalue weighted by molar-refractivity contribution is 5.97. The predicted molar refractivity (Wildman–Crippen MR) is 109 cm³/mol. The predicted octanol–water partition coefficient (Wildman–Crippen LogP) is 0.949. The number of carbonyl (C=O) groups is 2. The number of hydrogen-bond donors (Lipinski definition) is 3. The Labute approximate surface area is 167 Å². The quantitative estimate of drug-likeness (QED) is 0.608. The molecule has 7 nitrogen and oxygen atoms in total. The van der Waals surface area contributed by atoms with Gasteiger partial charge in [0.25, 0.3) is 0 Å². The largest absolute Gasteiger partial charge is 0.497 e. The summed E-state index contributed by atoms with van der Waals surface area (Å²) in [7, 11) is 1.61. The van der Waals surface area contributed by atoms with Crippen molar-refractivity contribution >= 4 is 17.6 Å². The Morgan fingerprint density at radius 2 is 2.04 bits per heavy atom. The second-order valence-electron chi connectivity index (χ2n) is 7.77. The lowest BCUT2D eigenvalue weighted by Crippen LogP contribution is -3.11. The molecular formula is C21H33N4O3+. The maximum absolute atomic E-state index is 12.3. The van der Waals surface area contributed by atoms with Crippen LogP contribution in [0, 0.1) is 0 Å². The standard InChI is InChI=1S/C21H32N4O3/c1-28-19-9-6-8-18(15-19)25-16-17(14-20(25)26)23-21(27)22-10-7-13-24-11-4-2-3-5-12-24/h6,8-9,15,17H,2-5,7,10-14,16H2,1H3,(H2,22,23,27)/p+1/t17-/m1/s1. The number of hydrogen-bond acceptors (Lipinski definition) is 3. The average molecular weight is 390 g/mol. The van der Waals surface area contributed by atoms with Gasteiger partial charge in [-0.05, 0) is 37.8 Å². The molecule has 154 valence electrons. The lowest BCUT2D eigenvalue weighted by molar-refractivity contribution is -0.899. The number of benzene rings is 1. The van der Waals surface area contributed by atoms with Crippen LogP contribution in [0.4, 0.5) is 10.5 Å². The number of rotatable bonds is 7. The van der Waals surface area contributed by atoms with Crippen LogP contribution in [0.3, 0.4) is 0 Å². The van der Waals surface area contributed by atoms with Gasteiger partial charge in [-0.1, -0.05) is 6.07 Å². The Morgan fingerprint density at radius 1 is 1.25 bits per heavy atom. The first-order valence-electron chi connectivity index (χ1n) is 10.5. The molecule has 1 atom stereocenters. The number of anilines is 1. The zero-order valence-corrected chi connectivity index (χ0v) is 16.8. The zero-order chi connectivity index (χ0) is 19.8. The van der Waals surface area contributed by atoms with Crippen molar-refractivity contribution < 1.29 is 19.2 Å². The van der Waals surface area contributed by atoms with Crippen LogP contribution < -0.4 is 25.2 Å². The molecule has 2 aliphatic rings. The van der Waals surface area contributed by atoms with Crippen LogP contribution in [0.2, 0.25) is 0 Å². The molecule has 0 aliphatic carbocycles. The second kappa shape index (κ2) is 10.3. The number of nitrogens with zero attached hydrogens (tertiary/aromatic N) is 1. The number of methoxy groups -OCH3 is 1. The fourth-order valence-electron chi connectivity index (χ4n) is 4.09. The lowest BCUT2D eigenvalue weighted by atomic mass is 10.2. The summed E-state index contributed by atoms with van der Waals surface area (Å²) in [5, 5.41) is 5.87. The first-order chi connectivity index (χ1) is 13.7. The molecule has 28 heavy (non-hydrogen) atoms. The molecule has 0 saturated carbocycles. The molecule has 0 aromatic heterocycles. The van der Waals surface area contributed by atoms with E-state index in [4.69, 9.17) is 4.74 Å². The van der Waals surface area contributed by atoms with Gasteiger partial charge in [0.1, 0.15) is 5.75 Å². The van der Waals surface area contributed by atoms with E-state index in [1.807, 2.05) is 24.3 Å². The summed E-state index contributed by atoms with van der Waals surface area (Å²) >= 11 is 0. The van der Waals surface area contributed by atoms with E-state index in [2.05, 4.69) is 10.6 Å². The summed E-state index contributed by atoms with van der Waals surface area (Å²) in [6.45, 7) is 4.80. The van der Waals surface area contributed by atoms with Crippen LogP contribution in [0.15, 0.2) is 24.3 Å². The number of carbonyl (C=O) groups excluding carboxylic acids is 2. The minimum absolute atomic E-state index is 0.0170. The monoisotopic (exact) mass is 389 g/mol. The number of likely N-dealkylation sites (tertiary alicyclic amines) is 1. The first-order valence-corrected chi connectivity index (χ1v) is 10.5. The number of nitrogens with one attached hydrogen (secondary N) is 3. The molecule has 3 N–H and O–H groups in total. The zero-order valence-electron chi connectivity index (χ0n) is 16.8. The minimum atomic E-state index is -0.184. The second-order valence-corrected chi connectivity index (χ2v) is 7.77. The molecule has 2 heterocycles. The minimum Gasteiger partial charge on any atom is -0.497 e. The van der Waals surface area contributed by atoms with Crippen LogP contribution in [-0.4, -0.2) is 57.8 Å². The third-order valence-electron chi connectivity index (χ3n) is 5.63. The Balaban J connectivity index is 1.38. The van der Waals surface area contributed by atoms with E-state index in [-0.39, 0.29) is 18.0 Å². The Morgan fingerprint density at radius 3 is 2.79 bits per heavy atom. The van der Waals surface area contributed by atoms with Gasteiger partial charge in [0.15, 0.2) is 0 Å². The molecule has 0 radical (unpaired) electrons. The van der Waals surface area contributed by atoms with Crippen molar-refractivity contribution in [3.63, 3.8) is 0 Å². The van der Waals surface area contributed by atoms with E-state index in [1.165, 1.54) is 38.8 Å². The Hall–Kier alpha value is -2.28. The SMILES string of the molecule is COc1cccc(N2C[C@H](NC(=O)NCCC[NH+]3CCCCCC3)CC2=O)c1. The van der Waals surface area contributed by atoms with E-state index >= 15 is 0 Å². The fraction of sp³-hybridized carbons (Fsp3) is 0.619. The smallest absolute Gasteiger partial charge is 0.315 e. The summed E-state index contributed by atoms with van der Waals surface area (Å²) in [6.07, 6.45) is 6.67. The molecule has 0 bridgehead atoms. The van der Waals surface area contributed by atoms with Gasteiger partial charge in [0.2, 0.25) is 5.91 Å². The molecule has 2 saturated heterocycles. The van der Waals surface area contributed by atoms with E-state index in [0.29, 0.717) is 25.3 Å². The molecule has 0 unspecified atom stereocenters. The maximum atomic E-state index is 12.3. The van der Waals surface area contributed by atoms with E-state index in [1.54, 1.807) is 16.9 Å². The summed E-state index contributed by atoms with van der Waals surface area (Å²) in [5.74, 6) is 0.731. The van der Waals surface area contributed by atoms with Crippen molar-refractivity contribution in [2.24, 2.45) is 0 Å². The average Bonchev–Trinajstić information content (AvgIpc) is 2.90. The fourth-order valence-corrected chi connectivity index (χ4v) is 4.09. The molecule has 1 aromatic rings. The van der Waals surface area contributed by atoms with Gasteiger partial charge in [-0.25, -0.2) is 4.79 Å². The van der Waals surface area contributed by atoms with Crippen molar-refractivity contribution in [2.45, 2.75) is 44.6 Å². The van der Waals surface area contributed by atoms with Crippen molar-refractivity contribution in [1.29, 1.82) is 0 Å². The van der Waals surface area contributed by atoms with Crippen LogP contribution in [0.25, 0.3) is 0 Å². The van der Waals surface area contributed by atoms with Gasteiger partial charge in [0.05, 0.1) is 32.8 Å². The molecule has 1 aromatic carbocycles. The third kappa shape index (κ3) is 5.86. The van der Waals surface area contributed by atoms with E-state index in [9.17, 15) is 9.59 Å². The highest BCUT2D eigenvalue weighted by Crippen LogP contribution is 2.25. The van der Waals surface area contributed by atoms with Gasteiger partial charge < -0.3 is 25.2 Å². The molecular weight excluding hydrogens is 356 g/mol. The normalized spacial score (nSPS) is 20.7.